The van der Waals surface area contributed by atoms with Crippen LogP contribution < -0.4 is 10.6 Å². The van der Waals surface area contributed by atoms with Crippen molar-refractivity contribution in [3.8, 4) is 0 Å². The smallest absolute Gasteiger partial charge is 0.295 e. The third-order valence-electron chi connectivity index (χ3n) is 4.59. The van der Waals surface area contributed by atoms with Crippen molar-refractivity contribution in [2.45, 2.75) is 19.4 Å². The predicted octanol–water partition coefficient (Wildman–Crippen LogP) is 3.54. The number of carbonyl (C=O) groups excluding carboxylic acids is 2. The minimum absolute atomic E-state index is 0.265. The third kappa shape index (κ3) is 4.39. The van der Waals surface area contributed by atoms with Crippen molar-refractivity contribution in [1.29, 1.82) is 0 Å². The molecule has 0 bridgehead atoms. The Morgan fingerprint density at radius 3 is 2.42 bits per heavy atom. The van der Waals surface area contributed by atoms with Gasteiger partial charge < -0.3 is 15.6 Å². The molecule has 0 fully saturated rings. The number of anilines is 2. The highest BCUT2D eigenvalue weighted by Gasteiger charge is 2.16. The van der Waals surface area contributed by atoms with E-state index in [0.29, 0.717) is 22.4 Å². The Balaban J connectivity index is 1.41. The van der Waals surface area contributed by atoms with E-state index in [9.17, 15) is 18.4 Å². The van der Waals surface area contributed by atoms with Gasteiger partial charge in [0.25, 0.3) is 12.3 Å². The topological polar surface area (TPSA) is 118 Å². The van der Waals surface area contributed by atoms with Crippen LogP contribution in [-0.2, 0) is 4.79 Å². The molecule has 1 atom stereocenters. The average molecular weight is 425 g/mol. The van der Waals surface area contributed by atoms with Gasteiger partial charge in [-0.1, -0.05) is 0 Å². The summed E-state index contributed by atoms with van der Waals surface area (Å²) in [5.41, 5.74) is 2.05. The number of alkyl halides is 2. The molecule has 158 valence electrons. The van der Waals surface area contributed by atoms with Gasteiger partial charge in [0.1, 0.15) is 18.7 Å². The van der Waals surface area contributed by atoms with Crippen LogP contribution >= 0.6 is 0 Å². The van der Waals surface area contributed by atoms with Gasteiger partial charge in [-0.2, -0.15) is 5.10 Å². The van der Waals surface area contributed by atoms with Crippen LogP contribution in [0.2, 0.25) is 0 Å². The minimum Gasteiger partial charge on any atom is -0.337 e. The summed E-state index contributed by atoms with van der Waals surface area (Å²) in [5.74, 6) is -1.12. The molecule has 2 heterocycles. The van der Waals surface area contributed by atoms with E-state index in [1.165, 1.54) is 35.5 Å². The summed E-state index contributed by atoms with van der Waals surface area (Å²) in [6.45, 7) is 1.69. The van der Waals surface area contributed by atoms with E-state index in [4.69, 9.17) is 0 Å². The Hall–Kier alpha value is -4.15. The lowest BCUT2D eigenvalue weighted by molar-refractivity contribution is -0.119. The molecule has 0 saturated heterocycles. The molecule has 11 heteroatoms. The summed E-state index contributed by atoms with van der Waals surface area (Å²) >= 11 is 0. The number of nitrogens with zero attached hydrogens (tertiary/aromatic N) is 4. The summed E-state index contributed by atoms with van der Waals surface area (Å²) in [4.78, 5) is 34.9. The van der Waals surface area contributed by atoms with Gasteiger partial charge in [0.15, 0.2) is 5.82 Å². The van der Waals surface area contributed by atoms with Gasteiger partial charge >= 0.3 is 0 Å². The van der Waals surface area contributed by atoms with Crippen LogP contribution in [0.15, 0.2) is 55.1 Å². The van der Waals surface area contributed by atoms with Gasteiger partial charge in [0.2, 0.25) is 5.91 Å². The third-order valence-corrected chi connectivity index (χ3v) is 4.59. The number of rotatable bonds is 6. The highest BCUT2D eigenvalue weighted by Crippen LogP contribution is 2.21. The number of halogens is 2. The second-order valence-corrected chi connectivity index (χ2v) is 6.73. The van der Waals surface area contributed by atoms with E-state index >= 15 is 0 Å². The van der Waals surface area contributed by atoms with E-state index in [-0.39, 0.29) is 11.5 Å². The van der Waals surface area contributed by atoms with Gasteiger partial charge in [-0.3, -0.25) is 9.59 Å². The molecule has 1 unspecified atom stereocenters. The molecule has 0 aliphatic heterocycles. The Morgan fingerprint density at radius 1 is 1.06 bits per heavy atom. The molecule has 0 radical (unpaired) electrons. The van der Waals surface area contributed by atoms with Crippen molar-refractivity contribution < 1.29 is 18.4 Å². The molecule has 3 N–H and O–H groups in total. The molecule has 2 aromatic heterocycles. The van der Waals surface area contributed by atoms with Crippen LogP contribution in [0.3, 0.4) is 0 Å². The maximum Gasteiger partial charge on any atom is 0.295 e. The fourth-order valence-corrected chi connectivity index (χ4v) is 2.90. The zero-order valence-corrected chi connectivity index (χ0v) is 16.2. The molecule has 0 saturated carbocycles. The van der Waals surface area contributed by atoms with Crippen molar-refractivity contribution in [2.24, 2.45) is 0 Å². The zero-order valence-electron chi connectivity index (χ0n) is 16.2. The van der Waals surface area contributed by atoms with Gasteiger partial charge in [-0.05, 0) is 49.4 Å². The number of H-pyrrole nitrogens is 1. The average Bonchev–Trinajstić information content (AvgIpc) is 3.44. The summed E-state index contributed by atoms with van der Waals surface area (Å²) in [6.07, 6.45) is 0.0869. The normalized spacial score (nSPS) is 12.1. The largest absolute Gasteiger partial charge is 0.337 e. The molecular weight excluding hydrogens is 408 g/mol. The number of amides is 2. The lowest BCUT2D eigenvalue weighted by atomic mass is 10.2. The number of benzene rings is 2. The van der Waals surface area contributed by atoms with Crippen molar-refractivity contribution >= 4 is 34.2 Å². The van der Waals surface area contributed by atoms with Gasteiger partial charge in [0, 0.05) is 16.9 Å². The number of hydrogen-bond donors (Lipinski definition) is 3. The number of imidazole rings is 1. The zero-order chi connectivity index (χ0) is 22.0. The number of aromatic nitrogens is 5. The highest BCUT2D eigenvalue weighted by molar-refractivity contribution is 6.06. The number of carbonyl (C=O) groups is 2. The maximum absolute atomic E-state index is 12.8. The maximum atomic E-state index is 12.8. The van der Waals surface area contributed by atoms with E-state index in [1.54, 1.807) is 31.2 Å². The SMILES string of the molecule is CC(C(=O)Nc1ccc(NC(=O)c2ccc3nc(C(F)F)[nH]c3c2)cc1)n1cncn1. The van der Waals surface area contributed by atoms with Gasteiger partial charge in [-0.15, -0.1) is 0 Å². The van der Waals surface area contributed by atoms with Crippen molar-refractivity contribution in [1.82, 2.24) is 24.7 Å². The molecule has 2 amide bonds. The number of fused-ring (bicyclic) bond motifs is 1. The number of aromatic amines is 1. The van der Waals surface area contributed by atoms with E-state index < -0.39 is 24.2 Å². The minimum atomic E-state index is -2.72. The first kappa shape index (κ1) is 20.1. The van der Waals surface area contributed by atoms with E-state index in [2.05, 4.69) is 30.7 Å². The lowest BCUT2D eigenvalue weighted by Crippen LogP contribution is -2.24. The predicted molar refractivity (Wildman–Crippen MR) is 109 cm³/mol. The fraction of sp³-hybridized carbons (Fsp3) is 0.150. The Kier molecular flexibility index (Phi) is 5.39. The first-order valence-corrected chi connectivity index (χ1v) is 9.25. The monoisotopic (exact) mass is 425 g/mol. The number of nitrogens with one attached hydrogen (secondary N) is 3. The Labute approximate surface area is 174 Å². The quantitative estimate of drug-likeness (QED) is 0.437. The van der Waals surface area contributed by atoms with Crippen LogP contribution in [0.1, 0.15) is 35.6 Å². The van der Waals surface area contributed by atoms with Gasteiger partial charge in [0.05, 0.1) is 11.0 Å². The summed E-state index contributed by atoms with van der Waals surface area (Å²) in [5, 5.41) is 9.42. The molecule has 31 heavy (non-hydrogen) atoms. The Morgan fingerprint density at radius 2 is 1.77 bits per heavy atom. The second-order valence-electron chi connectivity index (χ2n) is 6.73. The fourth-order valence-electron chi connectivity index (χ4n) is 2.90. The highest BCUT2D eigenvalue weighted by atomic mass is 19.3. The molecule has 4 rings (SSSR count). The molecule has 9 nitrogen and oxygen atoms in total. The second kappa shape index (κ2) is 8.30. The summed E-state index contributed by atoms with van der Waals surface area (Å²) in [7, 11) is 0. The molecule has 0 aliphatic carbocycles. The van der Waals surface area contributed by atoms with E-state index in [0.717, 1.165) is 0 Å². The molecular formula is C20H17F2N7O2. The van der Waals surface area contributed by atoms with E-state index in [1.807, 2.05) is 0 Å². The van der Waals surface area contributed by atoms with Crippen LogP contribution in [-0.4, -0.2) is 36.5 Å². The molecule has 0 aliphatic rings. The first-order valence-electron chi connectivity index (χ1n) is 9.25. The van der Waals surface area contributed by atoms with Crippen molar-refractivity contribution in [3.63, 3.8) is 0 Å². The van der Waals surface area contributed by atoms with Crippen molar-refractivity contribution in [2.75, 3.05) is 10.6 Å². The summed E-state index contributed by atoms with van der Waals surface area (Å²) < 4.78 is 27.0. The molecule has 2 aromatic carbocycles. The summed E-state index contributed by atoms with van der Waals surface area (Å²) in [6, 6.07) is 10.5. The number of hydrogen-bond acceptors (Lipinski definition) is 5. The standard InChI is InChI=1S/C20H17F2N7O2/c1-11(29-10-23-9-24-29)19(30)25-13-3-5-14(6-4-13)26-20(31)12-2-7-15-16(8-12)28-18(27-15)17(21)22/h2-11,17H,1H3,(H,25,30)(H,26,31)(H,27,28). The van der Waals surface area contributed by atoms with Gasteiger partial charge in [-0.25, -0.2) is 23.4 Å². The first-order chi connectivity index (χ1) is 14.9. The van der Waals surface area contributed by atoms with Crippen LogP contribution in [0.5, 0.6) is 0 Å². The Bertz CT molecular complexity index is 1220. The molecule has 4 aromatic rings. The molecule has 0 spiro atoms. The van der Waals surface area contributed by atoms with Crippen LogP contribution in [0, 0.1) is 0 Å². The lowest BCUT2D eigenvalue weighted by Gasteiger charge is -2.12. The van der Waals surface area contributed by atoms with Crippen LogP contribution in [0.4, 0.5) is 20.2 Å². The van der Waals surface area contributed by atoms with Crippen LogP contribution in [0.25, 0.3) is 11.0 Å². The van der Waals surface area contributed by atoms with Crippen molar-refractivity contribution in [3.05, 3.63) is 66.5 Å².